The van der Waals surface area contributed by atoms with Gasteiger partial charge in [-0.05, 0) is 11.5 Å². The molecule has 7 heteroatoms. The maximum Gasteiger partial charge on any atom is 0.407 e. The van der Waals surface area contributed by atoms with Gasteiger partial charge in [-0.3, -0.25) is 0 Å². The molecule has 1 amide bonds. The van der Waals surface area contributed by atoms with E-state index in [2.05, 4.69) is 5.32 Å². The van der Waals surface area contributed by atoms with Gasteiger partial charge in [0.15, 0.2) is 0 Å². The van der Waals surface area contributed by atoms with E-state index in [1.807, 2.05) is 80.6 Å². The minimum absolute atomic E-state index is 0.234. The fourth-order valence-corrected chi connectivity index (χ4v) is 7.82. The molecule has 0 aliphatic rings. The Bertz CT molecular complexity index is 1030. The Kier molecular flexibility index (Phi) is 9.05. The first kappa shape index (κ1) is 25.7. The van der Waals surface area contributed by atoms with Gasteiger partial charge in [0.05, 0.1) is 11.8 Å². The molecular weight excluding hydrogens is 449 g/mol. The number of carbonyl (C=O) groups excluding carboxylic acids is 1. The van der Waals surface area contributed by atoms with Crippen molar-refractivity contribution in [3.05, 3.63) is 96.6 Å². The van der Waals surface area contributed by atoms with Crippen LogP contribution in [0.5, 0.6) is 0 Å². The van der Waals surface area contributed by atoms with E-state index < -0.39 is 37.7 Å². The lowest BCUT2D eigenvalue weighted by Gasteiger charge is -2.36. The van der Waals surface area contributed by atoms with Crippen LogP contribution in [-0.2, 0) is 15.8 Å². The van der Waals surface area contributed by atoms with Crippen molar-refractivity contribution in [3.63, 3.8) is 0 Å². The summed E-state index contributed by atoms with van der Waals surface area (Å²) in [4.78, 5) is 12.1. The molecule has 0 saturated carbocycles. The zero-order valence-electron chi connectivity index (χ0n) is 19.5. The summed E-state index contributed by atoms with van der Waals surface area (Å²) in [5.41, 5.74) is 0.120. The van der Waals surface area contributed by atoms with Gasteiger partial charge in [-0.25, -0.2) is 4.79 Å². The van der Waals surface area contributed by atoms with E-state index in [9.17, 15) is 19.6 Å². The van der Waals surface area contributed by atoms with Crippen LogP contribution in [-0.4, -0.2) is 40.8 Å². The van der Waals surface area contributed by atoms with Crippen molar-refractivity contribution in [1.29, 1.82) is 0 Å². The van der Waals surface area contributed by atoms with Crippen LogP contribution < -0.4 is 15.9 Å². The molecule has 0 aromatic heterocycles. The highest BCUT2D eigenvalue weighted by atomic mass is 31.2. The molecule has 0 saturated heterocycles. The Morgan fingerprint density at radius 3 is 1.79 bits per heavy atom. The normalized spacial score (nSPS) is 14.3. The van der Waals surface area contributed by atoms with Crippen molar-refractivity contribution in [1.82, 2.24) is 5.32 Å². The van der Waals surface area contributed by atoms with E-state index in [1.165, 1.54) is 0 Å². The maximum absolute atomic E-state index is 14.7. The lowest BCUT2D eigenvalue weighted by atomic mass is 10.0. The molecule has 6 nitrogen and oxygen atoms in total. The molecule has 34 heavy (non-hydrogen) atoms. The number of alkyl carbamates (subject to hydrolysis) is 1. The van der Waals surface area contributed by atoms with Crippen molar-refractivity contribution in [2.75, 3.05) is 6.61 Å². The standard InChI is InChI=1S/C27H32NO5P/c1-20(2)26(34(32,22-14-8-4-9-15-22)23-16-10-5-11-17-23)25(30)24(29)19-33-27(31)28-18-21-12-6-3-7-13-21/h3-17,20,24-26,29-30H,18-19H2,1-2H3,(H,28,31)/t24-,25-,26+/m0/s1. The van der Waals surface area contributed by atoms with Gasteiger partial charge < -0.3 is 24.8 Å². The summed E-state index contributed by atoms with van der Waals surface area (Å²) in [6.07, 6.45) is -3.49. The van der Waals surface area contributed by atoms with Gasteiger partial charge in [-0.2, -0.15) is 0 Å². The molecule has 0 aliphatic heterocycles. The van der Waals surface area contributed by atoms with E-state index in [4.69, 9.17) is 4.74 Å². The summed E-state index contributed by atoms with van der Waals surface area (Å²) in [5.74, 6) is -0.234. The second-order valence-electron chi connectivity index (χ2n) is 8.56. The van der Waals surface area contributed by atoms with Gasteiger partial charge in [0.25, 0.3) is 0 Å². The highest BCUT2D eigenvalue weighted by Gasteiger charge is 2.45. The molecule has 3 N–H and O–H groups in total. The lowest BCUT2D eigenvalue weighted by Crippen LogP contribution is -2.46. The van der Waals surface area contributed by atoms with Crippen LogP contribution in [0.15, 0.2) is 91.0 Å². The molecular formula is C27H32NO5P. The van der Waals surface area contributed by atoms with E-state index >= 15 is 0 Å². The number of nitrogens with one attached hydrogen (secondary N) is 1. The van der Waals surface area contributed by atoms with Crippen molar-refractivity contribution in [2.24, 2.45) is 5.92 Å². The number of hydrogen-bond donors (Lipinski definition) is 3. The second-order valence-corrected chi connectivity index (χ2v) is 11.5. The summed E-state index contributed by atoms with van der Waals surface area (Å²) in [6, 6.07) is 27.4. The van der Waals surface area contributed by atoms with Gasteiger partial charge >= 0.3 is 6.09 Å². The predicted octanol–water partition coefficient (Wildman–Crippen LogP) is 3.67. The molecule has 0 bridgehead atoms. The highest BCUT2D eigenvalue weighted by Crippen LogP contribution is 2.53. The lowest BCUT2D eigenvalue weighted by molar-refractivity contribution is -0.0253. The van der Waals surface area contributed by atoms with Gasteiger partial charge in [-0.1, -0.05) is 105 Å². The third-order valence-electron chi connectivity index (χ3n) is 5.79. The second kappa shape index (κ2) is 12.0. The average Bonchev–Trinajstić information content (AvgIpc) is 2.87. The molecule has 0 radical (unpaired) electrons. The Hall–Kier alpha value is -2.92. The number of carbonyl (C=O) groups is 1. The zero-order valence-corrected chi connectivity index (χ0v) is 20.3. The number of ether oxygens (including phenoxy) is 1. The molecule has 3 atom stereocenters. The maximum atomic E-state index is 14.7. The van der Waals surface area contributed by atoms with Crippen LogP contribution in [0.25, 0.3) is 0 Å². The van der Waals surface area contributed by atoms with Crippen molar-refractivity contribution >= 4 is 23.8 Å². The molecule has 0 aliphatic carbocycles. The summed E-state index contributed by atoms with van der Waals surface area (Å²) in [7, 11) is -3.37. The fraction of sp³-hybridized carbons (Fsp3) is 0.296. The first-order chi connectivity index (χ1) is 16.3. The summed E-state index contributed by atoms with van der Waals surface area (Å²) in [5, 5.41) is 25.8. The van der Waals surface area contributed by atoms with Crippen LogP contribution in [0.2, 0.25) is 0 Å². The zero-order chi connectivity index (χ0) is 24.6. The van der Waals surface area contributed by atoms with Crippen molar-refractivity contribution < 1.29 is 24.3 Å². The van der Waals surface area contributed by atoms with E-state index in [-0.39, 0.29) is 12.5 Å². The quantitative estimate of drug-likeness (QED) is 0.384. The molecule has 0 unspecified atom stereocenters. The summed E-state index contributed by atoms with van der Waals surface area (Å²) < 4.78 is 19.9. The third-order valence-corrected chi connectivity index (χ3v) is 9.66. The van der Waals surface area contributed by atoms with E-state index in [0.717, 1.165) is 5.56 Å². The summed E-state index contributed by atoms with van der Waals surface area (Å²) in [6.45, 7) is 3.60. The molecule has 0 heterocycles. The Morgan fingerprint density at radius 1 is 0.853 bits per heavy atom. The number of benzene rings is 3. The van der Waals surface area contributed by atoms with Crippen LogP contribution in [0.4, 0.5) is 4.79 Å². The van der Waals surface area contributed by atoms with Crippen LogP contribution in [0, 0.1) is 5.92 Å². The largest absolute Gasteiger partial charge is 0.447 e. The van der Waals surface area contributed by atoms with Gasteiger partial charge in [0, 0.05) is 17.2 Å². The minimum Gasteiger partial charge on any atom is -0.447 e. The molecule has 0 spiro atoms. The smallest absolute Gasteiger partial charge is 0.407 e. The third kappa shape index (κ3) is 6.15. The van der Waals surface area contributed by atoms with E-state index in [0.29, 0.717) is 10.6 Å². The highest BCUT2D eigenvalue weighted by molar-refractivity contribution is 7.79. The fourth-order valence-electron chi connectivity index (χ4n) is 4.13. The van der Waals surface area contributed by atoms with Crippen LogP contribution in [0.3, 0.4) is 0 Å². The number of hydrogen-bond acceptors (Lipinski definition) is 5. The SMILES string of the molecule is CC(C)[C@H]([C@@H](O)[C@@H](O)COC(=O)NCc1ccccc1)P(=O)(c1ccccc1)c1ccccc1. The monoisotopic (exact) mass is 481 g/mol. The summed E-state index contributed by atoms with van der Waals surface area (Å²) >= 11 is 0. The predicted molar refractivity (Wildman–Crippen MR) is 135 cm³/mol. The van der Waals surface area contributed by atoms with Gasteiger partial charge in [0.1, 0.15) is 19.9 Å². The molecule has 180 valence electrons. The number of rotatable bonds is 10. The first-order valence-corrected chi connectivity index (χ1v) is 13.1. The molecule has 0 fully saturated rings. The Labute approximate surface area is 201 Å². The number of amides is 1. The van der Waals surface area contributed by atoms with E-state index in [1.54, 1.807) is 24.3 Å². The van der Waals surface area contributed by atoms with Crippen molar-refractivity contribution in [3.8, 4) is 0 Å². The van der Waals surface area contributed by atoms with Crippen molar-refractivity contribution in [2.45, 2.75) is 38.3 Å². The Balaban J connectivity index is 1.76. The first-order valence-electron chi connectivity index (χ1n) is 11.4. The number of aliphatic hydroxyl groups excluding tert-OH is 2. The number of aliphatic hydroxyl groups is 2. The van der Waals surface area contributed by atoms with Gasteiger partial charge in [0.2, 0.25) is 0 Å². The topological polar surface area (TPSA) is 95.9 Å². The minimum atomic E-state index is -3.37. The van der Waals surface area contributed by atoms with Crippen LogP contribution >= 0.6 is 7.14 Å². The molecule has 3 aromatic carbocycles. The Morgan fingerprint density at radius 2 is 1.32 bits per heavy atom. The van der Waals surface area contributed by atoms with Crippen LogP contribution in [0.1, 0.15) is 19.4 Å². The molecule has 3 rings (SSSR count). The molecule has 3 aromatic rings. The van der Waals surface area contributed by atoms with Gasteiger partial charge in [-0.15, -0.1) is 0 Å². The average molecular weight is 482 g/mol.